The highest BCUT2D eigenvalue weighted by atomic mass is 16.3. The fourth-order valence-electron chi connectivity index (χ4n) is 2.97. The number of aliphatic hydroxyl groups is 1. The number of aliphatic hydroxyl groups excluding tert-OH is 1. The van der Waals surface area contributed by atoms with Crippen LogP contribution in [0.2, 0.25) is 0 Å². The van der Waals surface area contributed by atoms with Crippen LogP contribution >= 0.6 is 0 Å². The van der Waals surface area contributed by atoms with E-state index in [2.05, 4.69) is 26.1 Å². The summed E-state index contributed by atoms with van der Waals surface area (Å²) in [5.74, 6) is 1.90. The fourth-order valence-corrected chi connectivity index (χ4v) is 2.97. The molecule has 0 aromatic heterocycles. The Labute approximate surface area is 111 Å². The van der Waals surface area contributed by atoms with Gasteiger partial charge in [0.05, 0.1) is 12.1 Å². The monoisotopic (exact) mass is 255 g/mol. The van der Waals surface area contributed by atoms with E-state index in [-0.39, 0.29) is 18.4 Å². The fraction of sp³-hybridized carbons (Fsp3) is 0.933. The van der Waals surface area contributed by atoms with Crippen LogP contribution in [0.4, 0.5) is 0 Å². The Morgan fingerprint density at radius 2 is 2.00 bits per heavy atom. The van der Waals surface area contributed by atoms with Crippen molar-refractivity contribution in [1.29, 1.82) is 0 Å². The molecule has 0 saturated heterocycles. The van der Waals surface area contributed by atoms with E-state index in [0.29, 0.717) is 17.8 Å². The second kappa shape index (κ2) is 6.05. The van der Waals surface area contributed by atoms with Crippen molar-refractivity contribution in [2.75, 3.05) is 6.61 Å². The number of hydrogen-bond donors (Lipinski definition) is 2. The van der Waals surface area contributed by atoms with Crippen molar-refractivity contribution in [2.45, 2.75) is 59.4 Å². The van der Waals surface area contributed by atoms with Crippen molar-refractivity contribution >= 4 is 5.91 Å². The lowest BCUT2D eigenvalue weighted by Gasteiger charge is -2.38. The number of amides is 1. The van der Waals surface area contributed by atoms with Gasteiger partial charge >= 0.3 is 0 Å². The molecule has 1 fully saturated rings. The van der Waals surface area contributed by atoms with Crippen LogP contribution in [0, 0.1) is 23.7 Å². The average Bonchev–Trinajstić information content (AvgIpc) is 2.28. The van der Waals surface area contributed by atoms with Crippen molar-refractivity contribution in [1.82, 2.24) is 5.32 Å². The third-order valence-electron chi connectivity index (χ3n) is 4.22. The van der Waals surface area contributed by atoms with Crippen LogP contribution in [0.25, 0.3) is 0 Å². The van der Waals surface area contributed by atoms with Crippen molar-refractivity contribution in [3.05, 3.63) is 0 Å². The van der Waals surface area contributed by atoms with E-state index in [4.69, 9.17) is 0 Å². The number of rotatable bonds is 4. The van der Waals surface area contributed by atoms with Crippen LogP contribution in [0.1, 0.15) is 53.9 Å². The third kappa shape index (κ3) is 3.98. The molecule has 0 heterocycles. The van der Waals surface area contributed by atoms with Gasteiger partial charge in [-0.25, -0.2) is 0 Å². The molecule has 0 radical (unpaired) electrons. The lowest BCUT2D eigenvalue weighted by molar-refractivity contribution is -0.131. The molecule has 18 heavy (non-hydrogen) atoms. The maximum absolute atomic E-state index is 12.4. The van der Waals surface area contributed by atoms with Gasteiger partial charge in [-0.2, -0.15) is 0 Å². The zero-order valence-corrected chi connectivity index (χ0v) is 12.5. The summed E-state index contributed by atoms with van der Waals surface area (Å²) in [5, 5.41) is 12.2. The van der Waals surface area contributed by atoms with Gasteiger partial charge in [0.1, 0.15) is 0 Å². The minimum atomic E-state index is -0.515. The lowest BCUT2D eigenvalue weighted by atomic mass is 9.69. The molecule has 3 atom stereocenters. The summed E-state index contributed by atoms with van der Waals surface area (Å²) < 4.78 is 0. The predicted molar refractivity (Wildman–Crippen MR) is 74.1 cm³/mol. The molecule has 3 heteroatoms. The smallest absolute Gasteiger partial charge is 0.223 e. The SMILES string of the molecule is CC1CCC(C(C)C)C(C(=O)NC(C)(C)CO)C1. The maximum Gasteiger partial charge on any atom is 0.223 e. The summed E-state index contributed by atoms with van der Waals surface area (Å²) in [6.07, 6.45) is 3.36. The van der Waals surface area contributed by atoms with Crippen LogP contribution < -0.4 is 5.32 Å². The molecule has 1 aliphatic carbocycles. The van der Waals surface area contributed by atoms with Crippen LogP contribution in [0.5, 0.6) is 0 Å². The van der Waals surface area contributed by atoms with E-state index in [1.807, 2.05) is 13.8 Å². The topological polar surface area (TPSA) is 49.3 Å². The van der Waals surface area contributed by atoms with E-state index in [1.165, 1.54) is 6.42 Å². The van der Waals surface area contributed by atoms with Gasteiger partial charge in [0.2, 0.25) is 5.91 Å². The Morgan fingerprint density at radius 3 is 2.50 bits per heavy atom. The van der Waals surface area contributed by atoms with Gasteiger partial charge in [-0.05, 0) is 44.4 Å². The van der Waals surface area contributed by atoms with Gasteiger partial charge in [0, 0.05) is 5.92 Å². The zero-order chi connectivity index (χ0) is 13.9. The Bertz CT molecular complexity index is 286. The highest BCUT2D eigenvalue weighted by Crippen LogP contribution is 2.38. The Morgan fingerprint density at radius 1 is 1.39 bits per heavy atom. The van der Waals surface area contributed by atoms with Crippen LogP contribution in [-0.4, -0.2) is 23.2 Å². The van der Waals surface area contributed by atoms with E-state index in [0.717, 1.165) is 12.8 Å². The molecular formula is C15H29NO2. The normalized spacial score (nSPS) is 29.4. The Balaban J connectivity index is 2.73. The molecule has 1 rings (SSSR count). The van der Waals surface area contributed by atoms with E-state index in [1.54, 1.807) is 0 Å². The molecule has 3 unspecified atom stereocenters. The molecule has 1 amide bonds. The number of nitrogens with one attached hydrogen (secondary N) is 1. The first kappa shape index (κ1) is 15.5. The van der Waals surface area contributed by atoms with Gasteiger partial charge in [0.25, 0.3) is 0 Å². The lowest BCUT2D eigenvalue weighted by Crippen LogP contribution is -2.51. The first-order chi connectivity index (χ1) is 8.26. The highest BCUT2D eigenvalue weighted by Gasteiger charge is 2.36. The number of carbonyl (C=O) groups is 1. The maximum atomic E-state index is 12.4. The van der Waals surface area contributed by atoms with Crippen LogP contribution in [-0.2, 0) is 4.79 Å². The summed E-state index contributed by atoms with van der Waals surface area (Å²) in [6, 6.07) is 0. The molecule has 0 aliphatic heterocycles. The second-order valence-corrected chi connectivity index (χ2v) is 6.96. The van der Waals surface area contributed by atoms with Gasteiger partial charge < -0.3 is 10.4 Å². The summed E-state index contributed by atoms with van der Waals surface area (Å²) >= 11 is 0. The average molecular weight is 255 g/mol. The molecule has 3 nitrogen and oxygen atoms in total. The van der Waals surface area contributed by atoms with Crippen LogP contribution in [0.15, 0.2) is 0 Å². The minimum Gasteiger partial charge on any atom is -0.394 e. The second-order valence-electron chi connectivity index (χ2n) is 6.96. The first-order valence-corrected chi connectivity index (χ1v) is 7.19. The predicted octanol–water partition coefficient (Wildman–Crippen LogP) is 2.58. The molecule has 0 aromatic rings. The molecule has 1 saturated carbocycles. The largest absolute Gasteiger partial charge is 0.394 e. The summed E-state index contributed by atoms with van der Waals surface area (Å²) in [4.78, 5) is 12.4. The van der Waals surface area contributed by atoms with E-state index in [9.17, 15) is 9.90 Å². The summed E-state index contributed by atoms with van der Waals surface area (Å²) in [7, 11) is 0. The molecule has 0 bridgehead atoms. The minimum absolute atomic E-state index is 0.0205. The zero-order valence-electron chi connectivity index (χ0n) is 12.5. The number of carbonyl (C=O) groups excluding carboxylic acids is 1. The van der Waals surface area contributed by atoms with Crippen molar-refractivity contribution < 1.29 is 9.90 Å². The molecule has 106 valence electrons. The molecule has 0 aromatic carbocycles. The van der Waals surface area contributed by atoms with Crippen molar-refractivity contribution in [3.8, 4) is 0 Å². The number of hydrogen-bond acceptors (Lipinski definition) is 2. The molecule has 2 N–H and O–H groups in total. The van der Waals surface area contributed by atoms with Crippen molar-refractivity contribution in [2.24, 2.45) is 23.7 Å². The quantitative estimate of drug-likeness (QED) is 0.811. The third-order valence-corrected chi connectivity index (χ3v) is 4.22. The van der Waals surface area contributed by atoms with Crippen LogP contribution in [0.3, 0.4) is 0 Å². The standard InChI is InChI=1S/C15H29NO2/c1-10(2)12-7-6-11(3)8-13(12)14(18)16-15(4,5)9-17/h10-13,17H,6-9H2,1-5H3,(H,16,18). The van der Waals surface area contributed by atoms with E-state index >= 15 is 0 Å². The first-order valence-electron chi connectivity index (χ1n) is 7.19. The molecule has 0 spiro atoms. The molecular weight excluding hydrogens is 226 g/mol. The van der Waals surface area contributed by atoms with Crippen molar-refractivity contribution in [3.63, 3.8) is 0 Å². The Hall–Kier alpha value is -0.570. The van der Waals surface area contributed by atoms with Gasteiger partial charge in [-0.15, -0.1) is 0 Å². The highest BCUT2D eigenvalue weighted by molar-refractivity contribution is 5.79. The van der Waals surface area contributed by atoms with Gasteiger partial charge in [-0.3, -0.25) is 4.79 Å². The van der Waals surface area contributed by atoms with Gasteiger partial charge in [-0.1, -0.05) is 27.2 Å². The molecule has 1 aliphatic rings. The summed E-state index contributed by atoms with van der Waals surface area (Å²) in [5.41, 5.74) is -0.515. The summed E-state index contributed by atoms with van der Waals surface area (Å²) in [6.45, 7) is 10.3. The van der Waals surface area contributed by atoms with E-state index < -0.39 is 5.54 Å². The Kier molecular flexibility index (Phi) is 5.20. The van der Waals surface area contributed by atoms with Gasteiger partial charge in [0.15, 0.2) is 0 Å².